The van der Waals surface area contributed by atoms with E-state index in [1.54, 1.807) is 11.8 Å². The number of nitrogens with zero attached hydrogens (tertiary/aromatic N) is 2. The van der Waals surface area contributed by atoms with Gasteiger partial charge in [0.05, 0.1) is 18.8 Å². The van der Waals surface area contributed by atoms with Crippen LogP contribution in [0.2, 0.25) is 0 Å². The van der Waals surface area contributed by atoms with Gasteiger partial charge in [0.15, 0.2) is 0 Å². The first-order valence-corrected chi connectivity index (χ1v) is 6.84. The lowest BCUT2D eigenvalue weighted by molar-refractivity contribution is 0.415. The normalized spacial score (nSPS) is 12.8. The lowest BCUT2D eigenvalue weighted by Crippen LogP contribution is -2.12. The van der Waals surface area contributed by atoms with E-state index in [1.807, 2.05) is 45.3 Å². The molecule has 0 fully saturated rings. The monoisotopic (exact) mass is 285 g/mol. The number of furan rings is 1. The summed E-state index contributed by atoms with van der Waals surface area (Å²) in [4.78, 5) is 0. The number of benzene rings is 1. The molecule has 2 aromatic heterocycles. The van der Waals surface area contributed by atoms with E-state index >= 15 is 0 Å². The van der Waals surface area contributed by atoms with Gasteiger partial charge in [0.1, 0.15) is 17.1 Å². The lowest BCUT2D eigenvalue weighted by Gasteiger charge is -2.08. The number of aryl methyl sites for hydroxylation is 3. The molecule has 5 heteroatoms. The summed E-state index contributed by atoms with van der Waals surface area (Å²) in [6.07, 6.45) is 1.94. The Bertz CT molecular complexity index is 801. The van der Waals surface area contributed by atoms with Crippen molar-refractivity contribution >= 4 is 11.0 Å². The van der Waals surface area contributed by atoms with Crippen molar-refractivity contribution in [2.24, 2.45) is 12.8 Å². The molecule has 1 aromatic carbocycles. The molecule has 0 aliphatic carbocycles. The van der Waals surface area contributed by atoms with Gasteiger partial charge < -0.3 is 14.9 Å². The predicted octanol–water partition coefficient (Wildman–Crippen LogP) is 2.84. The molecule has 1 atom stereocenters. The SMILES string of the molecule is COc1ccc2oc(C(N)c3cn(C)nc3C)c(C)c2c1. The van der Waals surface area contributed by atoms with Gasteiger partial charge in [-0.25, -0.2) is 0 Å². The number of rotatable bonds is 3. The fourth-order valence-electron chi connectivity index (χ4n) is 2.71. The molecule has 21 heavy (non-hydrogen) atoms. The van der Waals surface area contributed by atoms with Crippen LogP contribution in [0.15, 0.2) is 28.8 Å². The summed E-state index contributed by atoms with van der Waals surface area (Å²) >= 11 is 0. The fourth-order valence-corrected chi connectivity index (χ4v) is 2.71. The molecule has 0 aliphatic heterocycles. The zero-order chi connectivity index (χ0) is 15.1. The van der Waals surface area contributed by atoms with Crippen LogP contribution in [0.5, 0.6) is 5.75 Å². The molecule has 1 unspecified atom stereocenters. The molecule has 0 radical (unpaired) electrons. The Labute approximate surface area is 123 Å². The number of fused-ring (bicyclic) bond motifs is 1. The largest absolute Gasteiger partial charge is 0.497 e. The summed E-state index contributed by atoms with van der Waals surface area (Å²) in [5.74, 6) is 1.58. The molecule has 3 rings (SSSR count). The maximum Gasteiger partial charge on any atom is 0.134 e. The number of hydrogen-bond donors (Lipinski definition) is 1. The van der Waals surface area contributed by atoms with Crippen LogP contribution in [0, 0.1) is 13.8 Å². The number of methoxy groups -OCH3 is 1. The van der Waals surface area contributed by atoms with Gasteiger partial charge >= 0.3 is 0 Å². The second kappa shape index (κ2) is 4.93. The van der Waals surface area contributed by atoms with E-state index < -0.39 is 0 Å². The Hall–Kier alpha value is -2.27. The quantitative estimate of drug-likeness (QED) is 0.803. The highest BCUT2D eigenvalue weighted by molar-refractivity contribution is 5.83. The minimum atomic E-state index is -0.322. The third-order valence-corrected chi connectivity index (χ3v) is 3.85. The summed E-state index contributed by atoms with van der Waals surface area (Å²) in [6, 6.07) is 5.45. The Morgan fingerprint density at radius 3 is 2.71 bits per heavy atom. The summed E-state index contributed by atoms with van der Waals surface area (Å²) in [6.45, 7) is 3.97. The summed E-state index contributed by atoms with van der Waals surface area (Å²) < 4.78 is 13.0. The number of aromatic nitrogens is 2. The molecule has 5 nitrogen and oxygen atoms in total. The van der Waals surface area contributed by atoms with Gasteiger partial charge in [-0.1, -0.05) is 0 Å². The van der Waals surface area contributed by atoms with Crippen molar-refractivity contribution in [2.45, 2.75) is 19.9 Å². The van der Waals surface area contributed by atoms with Gasteiger partial charge in [0, 0.05) is 29.8 Å². The minimum absolute atomic E-state index is 0.322. The van der Waals surface area contributed by atoms with Gasteiger partial charge in [-0.3, -0.25) is 4.68 Å². The van der Waals surface area contributed by atoms with Crippen LogP contribution in [0.25, 0.3) is 11.0 Å². The van der Waals surface area contributed by atoms with Crippen molar-refractivity contribution in [3.8, 4) is 5.75 Å². The second-order valence-electron chi connectivity index (χ2n) is 5.27. The molecule has 0 bridgehead atoms. The number of hydrogen-bond acceptors (Lipinski definition) is 4. The molecule has 3 aromatic rings. The highest BCUT2D eigenvalue weighted by atomic mass is 16.5. The molecular weight excluding hydrogens is 266 g/mol. The fraction of sp³-hybridized carbons (Fsp3) is 0.312. The maximum atomic E-state index is 6.39. The average molecular weight is 285 g/mol. The van der Waals surface area contributed by atoms with Gasteiger partial charge in [0.25, 0.3) is 0 Å². The Morgan fingerprint density at radius 1 is 1.33 bits per heavy atom. The minimum Gasteiger partial charge on any atom is -0.497 e. The zero-order valence-electron chi connectivity index (χ0n) is 12.7. The van der Waals surface area contributed by atoms with Crippen molar-refractivity contribution < 1.29 is 9.15 Å². The van der Waals surface area contributed by atoms with Crippen LogP contribution >= 0.6 is 0 Å². The molecule has 2 heterocycles. The molecule has 0 aliphatic rings. The second-order valence-corrected chi connectivity index (χ2v) is 5.27. The van der Waals surface area contributed by atoms with Crippen LogP contribution in [-0.4, -0.2) is 16.9 Å². The van der Waals surface area contributed by atoms with Crippen molar-refractivity contribution in [1.82, 2.24) is 9.78 Å². The highest BCUT2D eigenvalue weighted by Crippen LogP contribution is 2.34. The van der Waals surface area contributed by atoms with Gasteiger partial charge in [-0.05, 0) is 32.0 Å². The molecule has 110 valence electrons. The Balaban J connectivity index is 2.12. The maximum absolute atomic E-state index is 6.39. The predicted molar refractivity (Wildman–Crippen MR) is 81.5 cm³/mol. The first-order chi connectivity index (χ1) is 10.0. The highest BCUT2D eigenvalue weighted by Gasteiger charge is 2.22. The molecular formula is C16H19N3O2. The van der Waals surface area contributed by atoms with Crippen molar-refractivity contribution in [1.29, 1.82) is 0 Å². The third kappa shape index (κ3) is 2.19. The number of nitrogens with two attached hydrogens (primary N) is 1. The first-order valence-electron chi connectivity index (χ1n) is 6.84. The topological polar surface area (TPSA) is 66.2 Å². The van der Waals surface area contributed by atoms with E-state index in [0.717, 1.165) is 39.3 Å². The molecule has 0 saturated heterocycles. The molecule has 0 saturated carbocycles. The van der Waals surface area contributed by atoms with Crippen molar-refractivity contribution in [3.05, 3.63) is 47.0 Å². The Kier molecular flexibility index (Phi) is 3.22. The average Bonchev–Trinajstić information content (AvgIpc) is 2.98. The molecule has 0 spiro atoms. The van der Waals surface area contributed by atoms with Gasteiger partial charge in [-0.2, -0.15) is 5.10 Å². The van der Waals surface area contributed by atoms with Crippen LogP contribution in [0.3, 0.4) is 0 Å². The molecule has 0 amide bonds. The molecule has 2 N–H and O–H groups in total. The number of ether oxygens (including phenoxy) is 1. The summed E-state index contributed by atoms with van der Waals surface area (Å²) in [7, 11) is 3.54. The van der Waals surface area contributed by atoms with Crippen LogP contribution in [-0.2, 0) is 7.05 Å². The summed E-state index contributed by atoms with van der Waals surface area (Å²) in [5.41, 5.74) is 10.1. The van der Waals surface area contributed by atoms with Crippen molar-refractivity contribution in [3.63, 3.8) is 0 Å². The lowest BCUT2D eigenvalue weighted by atomic mass is 10.0. The van der Waals surface area contributed by atoms with Crippen LogP contribution in [0.1, 0.15) is 28.6 Å². The van der Waals surface area contributed by atoms with Crippen LogP contribution in [0.4, 0.5) is 0 Å². The Morgan fingerprint density at radius 2 is 2.10 bits per heavy atom. The first kappa shape index (κ1) is 13.7. The van der Waals surface area contributed by atoms with E-state index in [2.05, 4.69) is 5.10 Å². The van der Waals surface area contributed by atoms with Crippen LogP contribution < -0.4 is 10.5 Å². The smallest absolute Gasteiger partial charge is 0.134 e. The third-order valence-electron chi connectivity index (χ3n) is 3.85. The van der Waals surface area contributed by atoms with E-state index in [0.29, 0.717) is 0 Å². The van der Waals surface area contributed by atoms with E-state index in [1.165, 1.54) is 0 Å². The van der Waals surface area contributed by atoms with Gasteiger partial charge in [-0.15, -0.1) is 0 Å². The van der Waals surface area contributed by atoms with E-state index in [-0.39, 0.29) is 6.04 Å². The van der Waals surface area contributed by atoms with Gasteiger partial charge in [0.2, 0.25) is 0 Å². The van der Waals surface area contributed by atoms with E-state index in [4.69, 9.17) is 14.9 Å². The van der Waals surface area contributed by atoms with Crippen molar-refractivity contribution in [2.75, 3.05) is 7.11 Å². The summed E-state index contributed by atoms with van der Waals surface area (Å²) in [5, 5.41) is 5.37. The standard InChI is InChI=1S/C16H19N3O2/c1-9-12-7-11(20-4)5-6-14(12)21-16(9)15(17)13-8-19(3)18-10(13)2/h5-8,15H,17H2,1-4H3. The zero-order valence-corrected chi connectivity index (χ0v) is 12.7. The van der Waals surface area contributed by atoms with E-state index in [9.17, 15) is 0 Å².